The largest absolute Gasteiger partial charge is 0.350 e. The van der Waals surface area contributed by atoms with Gasteiger partial charge in [-0.05, 0) is 12.0 Å². The van der Waals surface area contributed by atoms with Crippen LogP contribution in [0.4, 0.5) is 0 Å². The Morgan fingerprint density at radius 2 is 2.08 bits per heavy atom. The summed E-state index contributed by atoms with van der Waals surface area (Å²) in [6.45, 7) is 2.75. The Morgan fingerprint density at radius 3 is 2.69 bits per heavy atom. The van der Waals surface area contributed by atoms with E-state index in [4.69, 9.17) is 9.47 Å². The molecule has 1 heterocycles. The third-order valence-electron chi connectivity index (χ3n) is 2.25. The molecule has 1 aliphatic heterocycles. The highest BCUT2D eigenvalue weighted by Crippen LogP contribution is 2.27. The fraction of sp³-hybridized carbons (Fsp3) is 0.455. The molecule has 0 saturated carbocycles. The summed E-state index contributed by atoms with van der Waals surface area (Å²) in [5.74, 6) is 0. The predicted octanol–water partition coefficient (Wildman–Crippen LogP) is 2.51. The minimum absolute atomic E-state index is 0.00907. The van der Waals surface area contributed by atoms with Crippen LogP contribution in [0.15, 0.2) is 30.3 Å². The zero-order chi connectivity index (χ0) is 9.10. The summed E-state index contributed by atoms with van der Waals surface area (Å²) >= 11 is 0. The molecule has 70 valence electrons. The molecule has 2 atom stereocenters. The van der Waals surface area contributed by atoms with Gasteiger partial charge in [-0.2, -0.15) is 0 Å². The number of rotatable bonds is 2. The minimum atomic E-state index is -0.00907. The van der Waals surface area contributed by atoms with Gasteiger partial charge in [-0.25, -0.2) is 0 Å². The summed E-state index contributed by atoms with van der Waals surface area (Å²) in [5.41, 5.74) is 1.21. The molecule has 1 fully saturated rings. The van der Waals surface area contributed by atoms with Crippen LogP contribution in [0.2, 0.25) is 0 Å². The molecule has 1 aliphatic rings. The first kappa shape index (κ1) is 8.73. The Morgan fingerprint density at radius 1 is 1.31 bits per heavy atom. The van der Waals surface area contributed by atoms with Crippen molar-refractivity contribution in [3.8, 4) is 0 Å². The zero-order valence-corrected chi connectivity index (χ0v) is 7.77. The number of ether oxygens (including phenoxy) is 2. The Labute approximate surface area is 78.5 Å². The van der Waals surface area contributed by atoms with Gasteiger partial charge in [0.05, 0.1) is 6.61 Å². The monoisotopic (exact) mass is 178 g/mol. The van der Waals surface area contributed by atoms with Crippen molar-refractivity contribution in [2.75, 3.05) is 6.61 Å². The molecular weight excluding hydrogens is 164 g/mol. The van der Waals surface area contributed by atoms with E-state index in [0.717, 1.165) is 6.42 Å². The molecule has 0 aliphatic carbocycles. The molecule has 0 aromatic heterocycles. The van der Waals surface area contributed by atoms with Gasteiger partial charge < -0.3 is 9.47 Å². The Balaban J connectivity index is 2.04. The van der Waals surface area contributed by atoms with E-state index in [2.05, 4.69) is 19.1 Å². The molecule has 13 heavy (non-hydrogen) atoms. The second-order valence-corrected chi connectivity index (χ2v) is 3.21. The minimum Gasteiger partial charge on any atom is -0.350 e. The van der Waals surface area contributed by atoms with E-state index in [1.165, 1.54) is 5.56 Å². The standard InChI is InChI=1S/C11H14O2/c1-2-11-12-8-10(13-11)9-6-4-3-5-7-9/h3-7,10-11H,2,8H2,1H3/t10-,11+/m0/s1. The van der Waals surface area contributed by atoms with Gasteiger partial charge in [-0.3, -0.25) is 0 Å². The Hall–Kier alpha value is -0.860. The first-order chi connectivity index (χ1) is 6.40. The molecule has 0 bridgehead atoms. The lowest BCUT2D eigenvalue weighted by Crippen LogP contribution is -2.05. The lowest BCUT2D eigenvalue weighted by Gasteiger charge is -2.09. The van der Waals surface area contributed by atoms with Crippen LogP contribution in [-0.4, -0.2) is 12.9 Å². The second-order valence-electron chi connectivity index (χ2n) is 3.21. The van der Waals surface area contributed by atoms with Gasteiger partial charge in [0.25, 0.3) is 0 Å². The molecule has 2 rings (SSSR count). The van der Waals surface area contributed by atoms with Crippen LogP contribution in [-0.2, 0) is 9.47 Å². The molecule has 0 amide bonds. The van der Waals surface area contributed by atoms with E-state index < -0.39 is 0 Å². The molecule has 2 nitrogen and oxygen atoms in total. The van der Waals surface area contributed by atoms with Crippen molar-refractivity contribution >= 4 is 0 Å². The first-order valence-electron chi connectivity index (χ1n) is 4.72. The topological polar surface area (TPSA) is 18.5 Å². The summed E-state index contributed by atoms with van der Waals surface area (Å²) in [6, 6.07) is 10.2. The van der Waals surface area contributed by atoms with Gasteiger partial charge in [0, 0.05) is 0 Å². The van der Waals surface area contributed by atoms with Gasteiger partial charge in [-0.15, -0.1) is 0 Å². The van der Waals surface area contributed by atoms with Crippen molar-refractivity contribution in [3.05, 3.63) is 35.9 Å². The van der Waals surface area contributed by atoms with E-state index in [9.17, 15) is 0 Å². The van der Waals surface area contributed by atoms with Crippen molar-refractivity contribution < 1.29 is 9.47 Å². The zero-order valence-electron chi connectivity index (χ0n) is 7.77. The van der Waals surface area contributed by atoms with Gasteiger partial charge >= 0.3 is 0 Å². The third kappa shape index (κ3) is 1.90. The maximum absolute atomic E-state index is 5.67. The molecule has 0 unspecified atom stereocenters. The molecule has 1 saturated heterocycles. The lowest BCUT2D eigenvalue weighted by atomic mass is 10.1. The first-order valence-corrected chi connectivity index (χ1v) is 4.72. The van der Waals surface area contributed by atoms with Crippen LogP contribution in [0, 0.1) is 0 Å². The average Bonchev–Trinajstić information content (AvgIpc) is 2.67. The summed E-state index contributed by atoms with van der Waals surface area (Å²) in [7, 11) is 0. The quantitative estimate of drug-likeness (QED) is 0.692. The van der Waals surface area contributed by atoms with E-state index in [-0.39, 0.29) is 12.4 Å². The Bertz CT molecular complexity index is 258. The fourth-order valence-electron chi connectivity index (χ4n) is 1.51. The van der Waals surface area contributed by atoms with Crippen LogP contribution in [0.3, 0.4) is 0 Å². The van der Waals surface area contributed by atoms with Gasteiger partial charge in [-0.1, -0.05) is 37.3 Å². The second kappa shape index (κ2) is 3.90. The molecule has 2 heteroatoms. The fourth-order valence-corrected chi connectivity index (χ4v) is 1.51. The summed E-state index contributed by atoms with van der Waals surface area (Å²) in [6.07, 6.45) is 1.04. The van der Waals surface area contributed by atoms with Crippen LogP contribution in [0.5, 0.6) is 0 Å². The number of benzene rings is 1. The van der Waals surface area contributed by atoms with Crippen molar-refractivity contribution in [1.29, 1.82) is 0 Å². The van der Waals surface area contributed by atoms with Gasteiger partial charge in [0.1, 0.15) is 6.10 Å². The van der Waals surface area contributed by atoms with E-state index in [1.807, 2.05) is 18.2 Å². The summed E-state index contributed by atoms with van der Waals surface area (Å²) in [4.78, 5) is 0. The van der Waals surface area contributed by atoms with Gasteiger partial charge in [0.15, 0.2) is 6.29 Å². The van der Waals surface area contributed by atoms with E-state index in [1.54, 1.807) is 0 Å². The van der Waals surface area contributed by atoms with Crippen molar-refractivity contribution in [2.24, 2.45) is 0 Å². The summed E-state index contributed by atoms with van der Waals surface area (Å²) < 4.78 is 11.1. The highest BCUT2D eigenvalue weighted by atomic mass is 16.7. The van der Waals surface area contributed by atoms with Gasteiger partial charge in [0.2, 0.25) is 0 Å². The molecule has 0 spiro atoms. The summed E-state index contributed by atoms with van der Waals surface area (Å²) in [5, 5.41) is 0. The van der Waals surface area contributed by atoms with E-state index >= 15 is 0 Å². The van der Waals surface area contributed by atoms with E-state index in [0.29, 0.717) is 6.61 Å². The number of hydrogen-bond acceptors (Lipinski definition) is 2. The van der Waals surface area contributed by atoms with Crippen LogP contribution in [0.1, 0.15) is 25.0 Å². The average molecular weight is 178 g/mol. The molecular formula is C11H14O2. The molecule has 1 aromatic rings. The third-order valence-corrected chi connectivity index (χ3v) is 2.25. The highest BCUT2D eigenvalue weighted by molar-refractivity contribution is 5.18. The smallest absolute Gasteiger partial charge is 0.158 e. The normalized spacial score (nSPS) is 27.8. The maximum atomic E-state index is 5.67. The number of hydrogen-bond donors (Lipinski definition) is 0. The maximum Gasteiger partial charge on any atom is 0.158 e. The lowest BCUT2D eigenvalue weighted by molar-refractivity contribution is -0.0592. The SMILES string of the molecule is CC[C@@H]1OC[C@@H](c2ccccc2)O1. The van der Waals surface area contributed by atoms with Crippen LogP contribution >= 0.6 is 0 Å². The van der Waals surface area contributed by atoms with Crippen LogP contribution < -0.4 is 0 Å². The van der Waals surface area contributed by atoms with Crippen molar-refractivity contribution in [1.82, 2.24) is 0 Å². The molecule has 1 aromatic carbocycles. The highest BCUT2D eigenvalue weighted by Gasteiger charge is 2.25. The Kier molecular flexibility index (Phi) is 2.62. The molecule has 0 radical (unpaired) electrons. The predicted molar refractivity (Wildman–Crippen MR) is 50.3 cm³/mol. The molecule has 0 N–H and O–H groups in total. The van der Waals surface area contributed by atoms with Crippen molar-refractivity contribution in [3.63, 3.8) is 0 Å². The van der Waals surface area contributed by atoms with Crippen LogP contribution in [0.25, 0.3) is 0 Å². The van der Waals surface area contributed by atoms with Crippen molar-refractivity contribution in [2.45, 2.75) is 25.7 Å².